The van der Waals surface area contributed by atoms with Gasteiger partial charge in [0.1, 0.15) is 0 Å². The third-order valence-electron chi connectivity index (χ3n) is 2.00. The average molecular weight is 232 g/mol. The maximum Gasteiger partial charge on any atom is 0.331 e. The summed E-state index contributed by atoms with van der Waals surface area (Å²) in [7, 11) is 0. The maximum atomic E-state index is 11.0. The summed E-state index contributed by atoms with van der Waals surface area (Å²) < 4.78 is 4.66. The zero-order valence-corrected chi connectivity index (χ0v) is 10.4. The molecule has 0 unspecified atom stereocenters. The molecule has 0 saturated heterocycles. The zero-order chi connectivity index (χ0) is 12.8. The minimum atomic E-state index is -0.402. The monoisotopic (exact) mass is 232 g/mol. The van der Waals surface area contributed by atoms with Crippen molar-refractivity contribution < 1.29 is 9.53 Å². The van der Waals surface area contributed by atoms with E-state index in [2.05, 4.69) is 22.8 Å². The average Bonchev–Trinajstić information content (AvgIpc) is 2.34. The number of rotatable bonds is 8. The van der Waals surface area contributed by atoms with Crippen LogP contribution in [-0.4, -0.2) is 12.6 Å². The topological polar surface area (TPSA) is 26.3 Å². The Kier molecular flexibility index (Phi) is 11.1. The molecule has 0 aromatic carbocycles. The highest BCUT2D eigenvalue weighted by atomic mass is 16.5. The van der Waals surface area contributed by atoms with Crippen molar-refractivity contribution in [3.8, 4) is 12.3 Å². The second kappa shape index (κ2) is 12.3. The SMILES string of the molecule is C#CCOC(=O)C=CC=CCCCCC=CC. The van der Waals surface area contributed by atoms with Gasteiger partial charge in [-0.1, -0.05) is 36.3 Å². The Morgan fingerprint density at radius 1 is 1.24 bits per heavy atom. The molecule has 0 aromatic rings. The molecule has 0 bridgehead atoms. The first-order valence-corrected chi connectivity index (χ1v) is 5.86. The minimum Gasteiger partial charge on any atom is -0.449 e. The Labute approximate surface area is 104 Å². The van der Waals surface area contributed by atoms with Gasteiger partial charge in [0.25, 0.3) is 0 Å². The lowest BCUT2D eigenvalue weighted by molar-refractivity contribution is -0.136. The van der Waals surface area contributed by atoms with Crippen LogP contribution in [0.3, 0.4) is 0 Å². The van der Waals surface area contributed by atoms with Crippen molar-refractivity contribution in [1.29, 1.82) is 0 Å². The van der Waals surface area contributed by atoms with Gasteiger partial charge in [-0.3, -0.25) is 0 Å². The van der Waals surface area contributed by atoms with E-state index >= 15 is 0 Å². The smallest absolute Gasteiger partial charge is 0.331 e. The molecule has 0 spiro atoms. The van der Waals surface area contributed by atoms with Crippen molar-refractivity contribution in [2.24, 2.45) is 0 Å². The molecule has 0 saturated carbocycles. The molecule has 2 heteroatoms. The Hall–Kier alpha value is -1.75. The van der Waals surface area contributed by atoms with Crippen molar-refractivity contribution in [2.75, 3.05) is 6.61 Å². The predicted octanol–water partition coefficient (Wildman–Crippen LogP) is 3.41. The van der Waals surface area contributed by atoms with E-state index in [9.17, 15) is 4.79 Å². The third kappa shape index (κ3) is 12.2. The van der Waals surface area contributed by atoms with Crippen molar-refractivity contribution >= 4 is 5.97 Å². The van der Waals surface area contributed by atoms with Gasteiger partial charge >= 0.3 is 5.97 Å². The number of terminal acetylenes is 1. The molecule has 0 fully saturated rings. The molecule has 0 aromatic heterocycles. The molecule has 0 rings (SSSR count). The Bertz CT molecular complexity index is 316. The second-order valence-corrected chi connectivity index (χ2v) is 3.45. The van der Waals surface area contributed by atoms with E-state index in [1.807, 2.05) is 19.1 Å². The first-order valence-electron chi connectivity index (χ1n) is 5.86. The summed E-state index contributed by atoms with van der Waals surface area (Å²) in [5.41, 5.74) is 0. The second-order valence-electron chi connectivity index (χ2n) is 3.45. The van der Waals surface area contributed by atoms with Crippen LogP contribution in [0.4, 0.5) is 0 Å². The van der Waals surface area contributed by atoms with Gasteiger partial charge < -0.3 is 4.74 Å². The van der Waals surface area contributed by atoms with Crippen LogP contribution in [0.1, 0.15) is 32.6 Å². The van der Waals surface area contributed by atoms with E-state index in [0.717, 1.165) is 19.3 Å². The Morgan fingerprint density at radius 2 is 1.94 bits per heavy atom. The number of unbranched alkanes of at least 4 members (excludes halogenated alkanes) is 3. The molecule has 2 nitrogen and oxygen atoms in total. The number of hydrogen-bond donors (Lipinski definition) is 0. The van der Waals surface area contributed by atoms with Crippen LogP contribution in [0, 0.1) is 12.3 Å². The lowest BCUT2D eigenvalue weighted by Crippen LogP contribution is -1.99. The highest BCUT2D eigenvalue weighted by Crippen LogP contribution is 2.01. The Balaban J connectivity index is 3.50. The molecule has 0 aliphatic carbocycles. The number of hydrogen-bond acceptors (Lipinski definition) is 2. The highest BCUT2D eigenvalue weighted by molar-refractivity contribution is 5.82. The first kappa shape index (κ1) is 15.2. The fourth-order valence-corrected chi connectivity index (χ4v) is 1.16. The van der Waals surface area contributed by atoms with Crippen LogP contribution in [0.2, 0.25) is 0 Å². The molecule has 0 aliphatic rings. The van der Waals surface area contributed by atoms with Crippen LogP contribution in [0.25, 0.3) is 0 Å². The van der Waals surface area contributed by atoms with Crippen LogP contribution >= 0.6 is 0 Å². The molecule has 0 atom stereocenters. The number of carbonyl (C=O) groups excluding carboxylic acids is 1. The highest BCUT2D eigenvalue weighted by Gasteiger charge is 1.91. The summed E-state index contributed by atoms with van der Waals surface area (Å²) in [5.74, 6) is 1.83. The lowest BCUT2D eigenvalue weighted by Gasteiger charge is -1.93. The van der Waals surface area contributed by atoms with E-state index in [1.54, 1.807) is 6.08 Å². The molecule has 0 radical (unpaired) electrons. The van der Waals surface area contributed by atoms with Crippen LogP contribution < -0.4 is 0 Å². The van der Waals surface area contributed by atoms with Gasteiger partial charge in [-0.15, -0.1) is 6.42 Å². The molecule has 0 amide bonds. The third-order valence-corrected chi connectivity index (χ3v) is 2.00. The quantitative estimate of drug-likeness (QED) is 0.160. The molecule has 0 heterocycles. The number of allylic oxidation sites excluding steroid dienone is 5. The van der Waals surface area contributed by atoms with Gasteiger partial charge in [-0.25, -0.2) is 4.79 Å². The zero-order valence-electron chi connectivity index (χ0n) is 10.4. The largest absolute Gasteiger partial charge is 0.449 e. The summed E-state index contributed by atoms with van der Waals surface area (Å²) in [6, 6.07) is 0. The van der Waals surface area contributed by atoms with Gasteiger partial charge in [-0.2, -0.15) is 0 Å². The van der Waals surface area contributed by atoms with Crippen molar-refractivity contribution in [3.05, 3.63) is 36.5 Å². The molecule has 17 heavy (non-hydrogen) atoms. The summed E-state index contributed by atoms with van der Waals surface area (Å²) in [6.07, 6.45) is 20.7. The van der Waals surface area contributed by atoms with Crippen molar-refractivity contribution in [3.63, 3.8) is 0 Å². The lowest BCUT2D eigenvalue weighted by atomic mass is 10.2. The fraction of sp³-hybridized carbons (Fsp3) is 0.400. The normalized spacial score (nSPS) is 11.3. The van der Waals surface area contributed by atoms with Gasteiger partial charge in [0.2, 0.25) is 0 Å². The number of esters is 1. The summed E-state index contributed by atoms with van der Waals surface area (Å²) in [4.78, 5) is 11.0. The molecular formula is C15H20O2. The molecule has 92 valence electrons. The first-order chi connectivity index (χ1) is 8.31. The van der Waals surface area contributed by atoms with E-state index in [0.29, 0.717) is 0 Å². The molecule has 0 aliphatic heterocycles. The van der Waals surface area contributed by atoms with Crippen LogP contribution in [0.5, 0.6) is 0 Å². The van der Waals surface area contributed by atoms with Gasteiger partial charge in [-0.05, 0) is 32.6 Å². The van der Waals surface area contributed by atoms with Gasteiger partial charge in [0.15, 0.2) is 6.61 Å². The van der Waals surface area contributed by atoms with Gasteiger partial charge in [0, 0.05) is 6.08 Å². The van der Waals surface area contributed by atoms with Crippen molar-refractivity contribution in [2.45, 2.75) is 32.6 Å². The predicted molar refractivity (Wildman–Crippen MR) is 71.4 cm³/mol. The maximum absolute atomic E-state index is 11.0. The number of carbonyl (C=O) groups is 1. The van der Waals surface area contributed by atoms with E-state index in [1.165, 1.54) is 12.5 Å². The fourth-order valence-electron chi connectivity index (χ4n) is 1.16. The minimum absolute atomic E-state index is 0.0256. The number of ether oxygens (including phenoxy) is 1. The van der Waals surface area contributed by atoms with Crippen LogP contribution in [-0.2, 0) is 9.53 Å². The van der Waals surface area contributed by atoms with Gasteiger partial charge in [0.05, 0.1) is 0 Å². The summed E-state index contributed by atoms with van der Waals surface area (Å²) >= 11 is 0. The molecular weight excluding hydrogens is 212 g/mol. The van der Waals surface area contributed by atoms with Crippen molar-refractivity contribution in [1.82, 2.24) is 0 Å². The van der Waals surface area contributed by atoms with E-state index < -0.39 is 5.97 Å². The standard InChI is InChI=1S/C15H20O2/c1-3-5-6-7-8-9-10-11-12-13-15(16)17-14-4-2/h2-3,5,10-13H,6-9,14H2,1H3. The summed E-state index contributed by atoms with van der Waals surface area (Å²) in [5, 5.41) is 0. The van der Waals surface area contributed by atoms with Crippen LogP contribution in [0.15, 0.2) is 36.5 Å². The Morgan fingerprint density at radius 3 is 2.59 bits per heavy atom. The van der Waals surface area contributed by atoms with E-state index in [4.69, 9.17) is 6.42 Å². The van der Waals surface area contributed by atoms with E-state index in [-0.39, 0.29) is 6.61 Å². The summed E-state index contributed by atoms with van der Waals surface area (Å²) in [6.45, 7) is 2.06. The molecule has 0 N–H and O–H groups in total.